The molecule has 0 amide bonds. The Bertz CT molecular complexity index is 280. The van der Waals surface area contributed by atoms with Crippen LogP contribution >= 0.6 is 0 Å². The number of benzene rings is 1. The molecule has 15 heavy (non-hydrogen) atoms. The minimum Gasteiger partial charge on any atom is -0.465 e. The van der Waals surface area contributed by atoms with Gasteiger partial charge in [0.2, 0.25) is 0 Å². The van der Waals surface area contributed by atoms with Crippen LogP contribution in [0.2, 0.25) is 0 Å². The molecule has 1 aromatic carbocycles. The summed E-state index contributed by atoms with van der Waals surface area (Å²) >= 11 is 0. The fraction of sp³-hybridized carbons (Fsp3) is 0.385. The van der Waals surface area contributed by atoms with Crippen LogP contribution in [-0.2, 0) is 9.53 Å². The van der Waals surface area contributed by atoms with Gasteiger partial charge in [-0.1, -0.05) is 50.1 Å². The Labute approximate surface area is 91.3 Å². The summed E-state index contributed by atoms with van der Waals surface area (Å²) in [5.74, 6) is -0.252. The molecule has 0 aliphatic rings. The molecule has 0 heterocycles. The molecular weight excluding hydrogens is 188 g/mol. The molecule has 2 heteroatoms. The van der Waals surface area contributed by atoms with Crippen molar-refractivity contribution in [2.45, 2.75) is 26.2 Å². The van der Waals surface area contributed by atoms with Crippen molar-refractivity contribution in [3.05, 3.63) is 42.3 Å². The Kier molecular flexibility index (Phi) is 5.52. The predicted octanol–water partition coefficient (Wildman–Crippen LogP) is 2.97. The van der Waals surface area contributed by atoms with Crippen LogP contribution in [0.25, 0.3) is 0 Å². The van der Waals surface area contributed by atoms with Crippen molar-refractivity contribution in [3.8, 4) is 0 Å². The predicted molar refractivity (Wildman–Crippen MR) is 60.3 cm³/mol. The molecule has 0 fully saturated rings. The Morgan fingerprint density at radius 2 is 2.00 bits per heavy atom. The Morgan fingerprint density at radius 1 is 1.27 bits per heavy atom. The summed E-state index contributed by atoms with van der Waals surface area (Å²) in [5.41, 5.74) is 0.887. The third-order valence-electron chi connectivity index (χ3n) is 2.08. The molecule has 0 saturated heterocycles. The van der Waals surface area contributed by atoms with Crippen LogP contribution in [0.3, 0.4) is 0 Å². The lowest BCUT2D eigenvalue weighted by molar-refractivity contribution is -0.139. The second kappa shape index (κ2) is 7.04. The van der Waals surface area contributed by atoms with Crippen molar-refractivity contribution in [3.63, 3.8) is 0 Å². The lowest BCUT2D eigenvalue weighted by atomic mass is 10.2. The topological polar surface area (TPSA) is 26.3 Å². The van der Waals surface area contributed by atoms with E-state index in [4.69, 9.17) is 4.74 Å². The van der Waals surface area contributed by atoms with Crippen molar-refractivity contribution < 1.29 is 9.53 Å². The van der Waals surface area contributed by atoms with E-state index in [1.54, 1.807) is 0 Å². The maximum Gasteiger partial charge on any atom is 0.314 e. The highest BCUT2D eigenvalue weighted by Gasteiger charge is 2.03. The molecule has 2 nitrogen and oxygen atoms in total. The Morgan fingerprint density at radius 3 is 2.67 bits per heavy atom. The fourth-order valence-electron chi connectivity index (χ4n) is 1.25. The van der Waals surface area contributed by atoms with Crippen LogP contribution < -0.4 is 0 Å². The highest BCUT2D eigenvalue weighted by Crippen LogP contribution is 2.03. The quantitative estimate of drug-likeness (QED) is 0.527. The van der Waals surface area contributed by atoms with Gasteiger partial charge in [-0.3, -0.25) is 4.79 Å². The van der Waals surface area contributed by atoms with Gasteiger partial charge in [0, 0.05) is 0 Å². The molecule has 0 bridgehead atoms. The molecular formula is C13H17O2. The first kappa shape index (κ1) is 11.8. The summed E-state index contributed by atoms with van der Waals surface area (Å²) in [7, 11) is 0. The van der Waals surface area contributed by atoms with Crippen LogP contribution in [0.15, 0.2) is 30.3 Å². The largest absolute Gasteiger partial charge is 0.465 e. The SMILES string of the molecule is CCCCCOC(=O)[CH]c1ccccc1. The minimum absolute atomic E-state index is 0.252. The van der Waals surface area contributed by atoms with Crippen LogP contribution in [0.1, 0.15) is 31.7 Å². The lowest BCUT2D eigenvalue weighted by Crippen LogP contribution is -2.06. The second-order valence-electron chi connectivity index (χ2n) is 3.43. The van der Waals surface area contributed by atoms with Gasteiger partial charge in [0.25, 0.3) is 0 Å². The summed E-state index contributed by atoms with van der Waals surface area (Å²) < 4.78 is 5.05. The maximum absolute atomic E-state index is 11.3. The van der Waals surface area contributed by atoms with Crippen LogP contribution in [0, 0.1) is 6.42 Å². The zero-order chi connectivity index (χ0) is 10.9. The van der Waals surface area contributed by atoms with Gasteiger partial charge in [-0.25, -0.2) is 0 Å². The number of rotatable bonds is 6. The third kappa shape index (κ3) is 5.21. The van der Waals surface area contributed by atoms with E-state index in [9.17, 15) is 4.79 Å². The molecule has 81 valence electrons. The van der Waals surface area contributed by atoms with Crippen molar-refractivity contribution in [2.24, 2.45) is 0 Å². The molecule has 0 aliphatic carbocycles. The molecule has 0 N–H and O–H groups in total. The van der Waals surface area contributed by atoms with Crippen molar-refractivity contribution >= 4 is 5.97 Å². The Hall–Kier alpha value is -1.31. The van der Waals surface area contributed by atoms with Gasteiger partial charge in [-0.2, -0.15) is 0 Å². The highest BCUT2D eigenvalue weighted by atomic mass is 16.5. The maximum atomic E-state index is 11.3. The van der Waals surface area contributed by atoms with Gasteiger partial charge >= 0.3 is 5.97 Å². The molecule has 0 aromatic heterocycles. The third-order valence-corrected chi connectivity index (χ3v) is 2.08. The van der Waals surface area contributed by atoms with E-state index in [1.165, 1.54) is 6.42 Å². The van der Waals surface area contributed by atoms with Crippen molar-refractivity contribution in [2.75, 3.05) is 6.61 Å². The van der Waals surface area contributed by atoms with Gasteiger partial charge in [0.05, 0.1) is 13.0 Å². The van der Waals surface area contributed by atoms with Crippen LogP contribution in [0.4, 0.5) is 0 Å². The first-order valence-electron chi connectivity index (χ1n) is 5.39. The second-order valence-corrected chi connectivity index (χ2v) is 3.43. The van der Waals surface area contributed by atoms with Gasteiger partial charge in [-0.05, 0) is 12.0 Å². The smallest absolute Gasteiger partial charge is 0.314 e. The number of carbonyl (C=O) groups is 1. The first-order valence-corrected chi connectivity index (χ1v) is 5.39. The number of hydrogen-bond acceptors (Lipinski definition) is 2. The van der Waals surface area contributed by atoms with Gasteiger partial charge in [-0.15, -0.1) is 0 Å². The Balaban J connectivity index is 2.19. The number of hydrogen-bond donors (Lipinski definition) is 0. The molecule has 1 rings (SSSR count). The summed E-state index contributed by atoms with van der Waals surface area (Å²) in [4.78, 5) is 11.3. The monoisotopic (exact) mass is 205 g/mol. The molecule has 0 spiro atoms. The van der Waals surface area contributed by atoms with E-state index in [0.29, 0.717) is 6.61 Å². The first-order chi connectivity index (χ1) is 7.33. The molecule has 0 aliphatic heterocycles. The lowest BCUT2D eigenvalue weighted by Gasteiger charge is -2.03. The van der Waals surface area contributed by atoms with Crippen molar-refractivity contribution in [1.82, 2.24) is 0 Å². The van der Waals surface area contributed by atoms with Gasteiger partial charge < -0.3 is 4.74 Å². The molecule has 1 radical (unpaired) electrons. The number of unbranched alkanes of at least 4 members (excludes halogenated alkanes) is 2. The summed E-state index contributed by atoms with van der Waals surface area (Å²) in [5, 5.41) is 0. The highest BCUT2D eigenvalue weighted by molar-refractivity contribution is 5.83. The zero-order valence-electron chi connectivity index (χ0n) is 9.11. The van der Waals surface area contributed by atoms with Gasteiger partial charge in [0.1, 0.15) is 0 Å². The number of ether oxygens (including phenoxy) is 1. The van der Waals surface area contributed by atoms with E-state index >= 15 is 0 Å². The van der Waals surface area contributed by atoms with E-state index < -0.39 is 0 Å². The number of carbonyl (C=O) groups excluding carboxylic acids is 1. The fourth-order valence-corrected chi connectivity index (χ4v) is 1.25. The van der Waals surface area contributed by atoms with E-state index in [1.807, 2.05) is 30.3 Å². The van der Waals surface area contributed by atoms with Crippen molar-refractivity contribution in [1.29, 1.82) is 0 Å². The van der Waals surface area contributed by atoms with E-state index in [0.717, 1.165) is 24.8 Å². The average molecular weight is 205 g/mol. The minimum atomic E-state index is -0.252. The molecule has 0 atom stereocenters. The summed E-state index contributed by atoms with van der Waals surface area (Å²) in [6, 6.07) is 9.48. The molecule has 1 aromatic rings. The average Bonchev–Trinajstić information content (AvgIpc) is 2.26. The van der Waals surface area contributed by atoms with E-state index in [-0.39, 0.29) is 5.97 Å². The van der Waals surface area contributed by atoms with Gasteiger partial charge in [0.15, 0.2) is 0 Å². The van der Waals surface area contributed by atoms with Crippen LogP contribution in [-0.4, -0.2) is 12.6 Å². The summed E-state index contributed by atoms with van der Waals surface area (Å²) in [6.45, 7) is 2.65. The van der Waals surface area contributed by atoms with Crippen LogP contribution in [0.5, 0.6) is 0 Å². The molecule has 0 unspecified atom stereocenters. The van der Waals surface area contributed by atoms with E-state index in [2.05, 4.69) is 6.92 Å². The summed E-state index contributed by atoms with van der Waals surface area (Å²) in [6.07, 6.45) is 4.72. The number of esters is 1. The normalized spacial score (nSPS) is 9.93. The molecule has 0 saturated carbocycles. The standard InChI is InChI=1S/C13H17O2/c1-2-3-7-10-15-13(14)11-12-8-5-4-6-9-12/h4-6,8-9,11H,2-3,7,10H2,1H3. The zero-order valence-corrected chi connectivity index (χ0v) is 9.11.